The molecule has 2 atom stereocenters. The SMILES string of the molecule is CCO[C@@H]1C=CC(=O)[C@@H](CO)O1. The maximum absolute atomic E-state index is 10.9. The molecule has 0 aromatic carbocycles. The number of carbonyl (C=O) groups is 1. The summed E-state index contributed by atoms with van der Waals surface area (Å²) in [6.45, 7) is 2.05. The highest BCUT2D eigenvalue weighted by Crippen LogP contribution is 2.09. The van der Waals surface area contributed by atoms with E-state index in [0.29, 0.717) is 6.61 Å². The summed E-state index contributed by atoms with van der Waals surface area (Å²) in [4.78, 5) is 10.9. The molecule has 1 heterocycles. The minimum atomic E-state index is -0.758. The number of rotatable bonds is 3. The first-order valence-corrected chi connectivity index (χ1v) is 3.88. The Kier molecular flexibility index (Phi) is 3.40. The van der Waals surface area contributed by atoms with Crippen molar-refractivity contribution in [1.29, 1.82) is 0 Å². The highest BCUT2D eigenvalue weighted by atomic mass is 16.7. The summed E-state index contributed by atoms with van der Waals surface area (Å²) in [5, 5.41) is 8.71. The molecule has 4 nitrogen and oxygen atoms in total. The maximum atomic E-state index is 10.9. The summed E-state index contributed by atoms with van der Waals surface area (Å²) in [5.74, 6) is -0.214. The van der Waals surface area contributed by atoms with E-state index in [0.717, 1.165) is 0 Å². The molecule has 0 fully saturated rings. The molecule has 4 heteroatoms. The molecule has 0 aromatic rings. The Morgan fingerprint density at radius 1 is 1.75 bits per heavy atom. The second-order valence-electron chi connectivity index (χ2n) is 2.39. The van der Waals surface area contributed by atoms with E-state index in [9.17, 15) is 4.79 Å². The summed E-state index contributed by atoms with van der Waals surface area (Å²) in [7, 11) is 0. The molecule has 0 spiro atoms. The largest absolute Gasteiger partial charge is 0.393 e. The number of aliphatic hydroxyl groups is 1. The van der Waals surface area contributed by atoms with Gasteiger partial charge in [-0.25, -0.2) is 0 Å². The Bertz CT molecular complexity index is 187. The van der Waals surface area contributed by atoms with Crippen molar-refractivity contribution in [2.75, 3.05) is 13.2 Å². The predicted molar refractivity (Wildman–Crippen MR) is 41.5 cm³/mol. The Hall–Kier alpha value is -0.710. The van der Waals surface area contributed by atoms with Crippen LogP contribution >= 0.6 is 0 Å². The van der Waals surface area contributed by atoms with Gasteiger partial charge in [-0.15, -0.1) is 0 Å². The van der Waals surface area contributed by atoms with Gasteiger partial charge in [-0.1, -0.05) is 0 Å². The van der Waals surface area contributed by atoms with Crippen molar-refractivity contribution in [3.05, 3.63) is 12.2 Å². The van der Waals surface area contributed by atoms with Crippen molar-refractivity contribution >= 4 is 5.78 Å². The van der Waals surface area contributed by atoms with Crippen LogP contribution in [0.3, 0.4) is 0 Å². The zero-order chi connectivity index (χ0) is 8.97. The fourth-order valence-corrected chi connectivity index (χ4v) is 0.947. The van der Waals surface area contributed by atoms with Crippen molar-refractivity contribution in [3.63, 3.8) is 0 Å². The van der Waals surface area contributed by atoms with Crippen LogP contribution in [0.4, 0.5) is 0 Å². The number of hydrogen-bond donors (Lipinski definition) is 1. The molecule has 0 saturated heterocycles. The standard InChI is InChI=1S/C8H12O4/c1-2-11-8-4-3-6(10)7(5-9)12-8/h3-4,7-9H,2,5H2,1H3/t7-,8+/m1/s1. The molecule has 1 N–H and O–H groups in total. The van der Waals surface area contributed by atoms with Crippen LogP contribution in [0.25, 0.3) is 0 Å². The van der Waals surface area contributed by atoms with Crippen molar-refractivity contribution in [1.82, 2.24) is 0 Å². The molecule has 0 radical (unpaired) electrons. The van der Waals surface area contributed by atoms with E-state index in [1.807, 2.05) is 6.92 Å². The first-order chi connectivity index (χ1) is 5.77. The minimum absolute atomic E-state index is 0.214. The van der Waals surface area contributed by atoms with Crippen molar-refractivity contribution in [2.45, 2.75) is 19.3 Å². The molecule has 0 aliphatic carbocycles. The maximum Gasteiger partial charge on any atom is 0.186 e. The summed E-state index contributed by atoms with van der Waals surface area (Å²) in [6.07, 6.45) is 1.67. The molecule has 1 aliphatic rings. The lowest BCUT2D eigenvalue weighted by molar-refractivity contribution is -0.167. The smallest absolute Gasteiger partial charge is 0.186 e. The lowest BCUT2D eigenvalue weighted by Crippen LogP contribution is -2.35. The lowest BCUT2D eigenvalue weighted by Gasteiger charge is -2.22. The molecule has 0 saturated carbocycles. The van der Waals surface area contributed by atoms with Gasteiger partial charge in [-0.2, -0.15) is 0 Å². The van der Waals surface area contributed by atoms with E-state index < -0.39 is 12.4 Å². The number of aliphatic hydroxyl groups excluding tert-OH is 1. The Morgan fingerprint density at radius 3 is 3.08 bits per heavy atom. The molecular weight excluding hydrogens is 160 g/mol. The average Bonchev–Trinajstić information content (AvgIpc) is 2.09. The van der Waals surface area contributed by atoms with Gasteiger partial charge in [0.15, 0.2) is 12.1 Å². The summed E-state index contributed by atoms with van der Waals surface area (Å²) < 4.78 is 10.2. The zero-order valence-corrected chi connectivity index (χ0v) is 6.90. The quantitative estimate of drug-likeness (QED) is 0.644. The van der Waals surface area contributed by atoms with Crippen LogP contribution in [0.15, 0.2) is 12.2 Å². The van der Waals surface area contributed by atoms with Crippen molar-refractivity contribution < 1.29 is 19.4 Å². The van der Waals surface area contributed by atoms with Gasteiger partial charge in [-0.3, -0.25) is 4.79 Å². The average molecular weight is 172 g/mol. The third-order valence-corrected chi connectivity index (χ3v) is 1.53. The van der Waals surface area contributed by atoms with E-state index in [2.05, 4.69) is 0 Å². The zero-order valence-electron chi connectivity index (χ0n) is 6.90. The number of hydrogen-bond acceptors (Lipinski definition) is 4. The third-order valence-electron chi connectivity index (χ3n) is 1.53. The van der Waals surface area contributed by atoms with Crippen LogP contribution in [-0.2, 0) is 14.3 Å². The van der Waals surface area contributed by atoms with Gasteiger partial charge >= 0.3 is 0 Å². The van der Waals surface area contributed by atoms with Gasteiger partial charge in [0.2, 0.25) is 0 Å². The van der Waals surface area contributed by atoms with E-state index in [-0.39, 0.29) is 12.4 Å². The summed E-state index contributed by atoms with van der Waals surface area (Å²) in [5.41, 5.74) is 0. The van der Waals surface area contributed by atoms with Gasteiger partial charge < -0.3 is 14.6 Å². The van der Waals surface area contributed by atoms with Crippen LogP contribution < -0.4 is 0 Å². The summed E-state index contributed by atoms with van der Waals surface area (Å²) in [6, 6.07) is 0. The lowest BCUT2D eigenvalue weighted by atomic mass is 10.2. The molecule has 0 amide bonds. The van der Waals surface area contributed by atoms with Crippen LogP contribution in [0.5, 0.6) is 0 Å². The molecule has 0 aromatic heterocycles. The molecule has 12 heavy (non-hydrogen) atoms. The first kappa shape index (κ1) is 9.38. The Balaban J connectivity index is 2.52. The van der Waals surface area contributed by atoms with Gasteiger partial charge in [0.25, 0.3) is 0 Å². The number of carbonyl (C=O) groups excluding carboxylic acids is 1. The van der Waals surface area contributed by atoms with Crippen molar-refractivity contribution in [3.8, 4) is 0 Å². The molecule has 68 valence electrons. The third kappa shape index (κ3) is 2.14. The van der Waals surface area contributed by atoms with Crippen LogP contribution in [0.2, 0.25) is 0 Å². The molecule has 1 aliphatic heterocycles. The molecular formula is C8H12O4. The summed E-state index contributed by atoms with van der Waals surface area (Å²) >= 11 is 0. The number of ketones is 1. The molecule has 1 rings (SSSR count). The van der Waals surface area contributed by atoms with Gasteiger partial charge in [0, 0.05) is 6.61 Å². The first-order valence-electron chi connectivity index (χ1n) is 3.88. The highest BCUT2D eigenvalue weighted by Gasteiger charge is 2.24. The van der Waals surface area contributed by atoms with Crippen LogP contribution in [0.1, 0.15) is 6.92 Å². The Morgan fingerprint density at radius 2 is 2.50 bits per heavy atom. The molecule has 0 bridgehead atoms. The fraction of sp³-hybridized carbons (Fsp3) is 0.625. The van der Waals surface area contributed by atoms with E-state index >= 15 is 0 Å². The van der Waals surface area contributed by atoms with Crippen LogP contribution in [0, 0.1) is 0 Å². The molecule has 0 unspecified atom stereocenters. The number of ether oxygens (including phenoxy) is 2. The fourth-order valence-electron chi connectivity index (χ4n) is 0.947. The van der Waals surface area contributed by atoms with E-state index in [4.69, 9.17) is 14.6 Å². The topological polar surface area (TPSA) is 55.8 Å². The van der Waals surface area contributed by atoms with Crippen molar-refractivity contribution in [2.24, 2.45) is 0 Å². The highest BCUT2D eigenvalue weighted by molar-refractivity contribution is 5.94. The minimum Gasteiger partial charge on any atom is -0.393 e. The normalized spacial score (nSPS) is 29.3. The van der Waals surface area contributed by atoms with Gasteiger partial charge in [-0.05, 0) is 19.1 Å². The predicted octanol–water partition coefficient (Wildman–Crippen LogP) is -0.135. The van der Waals surface area contributed by atoms with E-state index in [1.165, 1.54) is 12.2 Å². The van der Waals surface area contributed by atoms with Crippen LogP contribution in [-0.4, -0.2) is 36.5 Å². The second kappa shape index (κ2) is 4.35. The van der Waals surface area contributed by atoms with E-state index in [1.54, 1.807) is 0 Å². The van der Waals surface area contributed by atoms with Gasteiger partial charge in [0.05, 0.1) is 6.61 Å². The monoisotopic (exact) mass is 172 g/mol. The van der Waals surface area contributed by atoms with Gasteiger partial charge in [0.1, 0.15) is 6.10 Å². The second-order valence-corrected chi connectivity index (χ2v) is 2.39. The Labute approximate surface area is 70.8 Å².